The van der Waals surface area contributed by atoms with Gasteiger partial charge in [0.1, 0.15) is 0 Å². The van der Waals surface area contributed by atoms with Crippen molar-refractivity contribution < 1.29 is 4.79 Å². The molecule has 1 amide bonds. The SMILES string of the molecule is C=CCn1c(=S)[nH]c2cc(C(=O)N[C@H](C)Cc3ccccc3Cl)ccc2c1=O. The number of carbonyl (C=O) groups is 1. The number of amides is 1. The van der Waals surface area contributed by atoms with Gasteiger partial charge in [-0.1, -0.05) is 35.9 Å². The molecule has 0 aliphatic carbocycles. The smallest absolute Gasteiger partial charge is 0.262 e. The third-order valence-electron chi connectivity index (χ3n) is 4.42. The first-order valence-corrected chi connectivity index (χ1v) is 9.61. The first kappa shape index (κ1) is 20.0. The van der Waals surface area contributed by atoms with Gasteiger partial charge in [-0.05, 0) is 55.4 Å². The lowest BCUT2D eigenvalue weighted by molar-refractivity contribution is 0.0940. The number of allylic oxidation sites excluding steroid dienone is 1. The third-order valence-corrected chi connectivity index (χ3v) is 5.11. The number of fused-ring (bicyclic) bond motifs is 1. The molecule has 28 heavy (non-hydrogen) atoms. The van der Waals surface area contributed by atoms with Crippen LogP contribution in [-0.2, 0) is 13.0 Å². The zero-order valence-corrected chi connectivity index (χ0v) is 16.9. The molecule has 7 heteroatoms. The van der Waals surface area contributed by atoms with Crippen molar-refractivity contribution in [3.05, 3.63) is 86.4 Å². The molecule has 3 aromatic rings. The van der Waals surface area contributed by atoms with Gasteiger partial charge in [-0.3, -0.25) is 14.2 Å². The predicted molar refractivity (Wildman–Crippen MR) is 116 cm³/mol. The summed E-state index contributed by atoms with van der Waals surface area (Å²) in [5.41, 5.74) is 1.74. The van der Waals surface area contributed by atoms with Crippen LogP contribution >= 0.6 is 23.8 Å². The number of nitrogens with one attached hydrogen (secondary N) is 2. The summed E-state index contributed by atoms with van der Waals surface area (Å²) < 4.78 is 1.72. The Labute approximate surface area is 172 Å². The van der Waals surface area contributed by atoms with Gasteiger partial charge < -0.3 is 10.3 Å². The monoisotopic (exact) mass is 413 g/mol. The fraction of sp³-hybridized carbons (Fsp3) is 0.190. The molecular weight excluding hydrogens is 394 g/mol. The second-order valence-corrected chi connectivity index (χ2v) is 7.36. The van der Waals surface area contributed by atoms with Crippen molar-refractivity contribution in [3.63, 3.8) is 0 Å². The lowest BCUT2D eigenvalue weighted by Gasteiger charge is -2.15. The van der Waals surface area contributed by atoms with E-state index in [1.807, 2.05) is 31.2 Å². The fourth-order valence-electron chi connectivity index (χ4n) is 3.04. The minimum Gasteiger partial charge on any atom is -0.349 e. The summed E-state index contributed by atoms with van der Waals surface area (Å²) in [6, 6.07) is 12.4. The largest absolute Gasteiger partial charge is 0.349 e. The Kier molecular flexibility index (Phi) is 6.11. The molecule has 1 atom stereocenters. The average molecular weight is 414 g/mol. The Bertz CT molecular complexity index is 1170. The number of benzene rings is 2. The maximum Gasteiger partial charge on any atom is 0.262 e. The molecular formula is C21H20ClN3O2S. The molecule has 0 saturated heterocycles. The maximum atomic E-state index is 12.6. The number of halogens is 1. The molecule has 0 fully saturated rings. The van der Waals surface area contributed by atoms with Gasteiger partial charge in [-0.25, -0.2) is 0 Å². The molecule has 0 unspecified atom stereocenters. The van der Waals surface area contributed by atoms with Gasteiger partial charge in [0, 0.05) is 23.2 Å². The van der Waals surface area contributed by atoms with Gasteiger partial charge in [0.25, 0.3) is 11.5 Å². The highest BCUT2D eigenvalue weighted by molar-refractivity contribution is 7.71. The first-order valence-electron chi connectivity index (χ1n) is 8.82. The highest BCUT2D eigenvalue weighted by Crippen LogP contribution is 2.17. The summed E-state index contributed by atoms with van der Waals surface area (Å²) in [7, 11) is 0. The van der Waals surface area contributed by atoms with Crippen LogP contribution in [0.3, 0.4) is 0 Å². The molecule has 1 aromatic heterocycles. The van der Waals surface area contributed by atoms with Gasteiger partial charge in [0.15, 0.2) is 4.77 Å². The zero-order valence-electron chi connectivity index (χ0n) is 15.4. The molecule has 3 rings (SSSR count). The molecule has 144 valence electrons. The fourth-order valence-corrected chi connectivity index (χ4v) is 3.52. The number of H-pyrrole nitrogens is 1. The minimum atomic E-state index is -0.226. The van der Waals surface area contributed by atoms with Crippen LogP contribution in [0.1, 0.15) is 22.8 Å². The second-order valence-electron chi connectivity index (χ2n) is 6.56. The Balaban J connectivity index is 1.83. The van der Waals surface area contributed by atoms with E-state index in [9.17, 15) is 9.59 Å². The van der Waals surface area contributed by atoms with Crippen LogP contribution < -0.4 is 10.9 Å². The number of carbonyl (C=O) groups excluding carboxylic acids is 1. The number of hydrogen-bond donors (Lipinski definition) is 2. The zero-order chi connectivity index (χ0) is 20.3. The number of aromatic nitrogens is 2. The second kappa shape index (κ2) is 8.54. The Morgan fingerprint density at radius 2 is 2.11 bits per heavy atom. The van der Waals surface area contributed by atoms with Gasteiger partial charge in [-0.15, -0.1) is 6.58 Å². The van der Waals surface area contributed by atoms with Crippen LogP contribution in [0.15, 0.2) is 59.9 Å². The molecule has 0 saturated carbocycles. The first-order chi connectivity index (χ1) is 13.4. The summed E-state index contributed by atoms with van der Waals surface area (Å²) in [5, 5.41) is 4.11. The maximum absolute atomic E-state index is 12.6. The Hall–Kier alpha value is -2.70. The molecule has 0 aliphatic heterocycles. The molecule has 1 heterocycles. The summed E-state index contributed by atoms with van der Waals surface area (Å²) in [6.45, 7) is 5.88. The molecule has 2 aromatic carbocycles. The van der Waals surface area contributed by atoms with E-state index < -0.39 is 0 Å². The highest BCUT2D eigenvalue weighted by Gasteiger charge is 2.13. The summed E-state index contributed by atoms with van der Waals surface area (Å²) >= 11 is 11.4. The summed E-state index contributed by atoms with van der Waals surface area (Å²) in [6.07, 6.45) is 2.23. The Morgan fingerprint density at radius 1 is 1.36 bits per heavy atom. The molecule has 0 radical (unpaired) electrons. The van der Waals surface area contributed by atoms with Crippen molar-refractivity contribution in [3.8, 4) is 0 Å². The molecule has 0 bridgehead atoms. The predicted octanol–water partition coefficient (Wildman–Crippen LogP) is 4.26. The number of aromatic amines is 1. The average Bonchev–Trinajstić information content (AvgIpc) is 2.66. The lowest BCUT2D eigenvalue weighted by Crippen LogP contribution is -2.34. The van der Waals surface area contributed by atoms with Crippen LogP contribution in [0, 0.1) is 4.77 Å². The van der Waals surface area contributed by atoms with Gasteiger partial charge in [0.05, 0.1) is 10.9 Å². The topological polar surface area (TPSA) is 66.9 Å². The van der Waals surface area contributed by atoms with Crippen molar-refractivity contribution in [2.75, 3.05) is 0 Å². The van der Waals surface area contributed by atoms with Crippen LogP contribution in [0.2, 0.25) is 5.02 Å². The van der Waals surface area contributed by atoms with Crippen molar-refractivity contribution >= 4 is 40.6 Å². The lowest BCUT2D eigenvalue weighted by atomic mass is 10.1. The van der Waals surface area contributed by atoms with Crippen molar-refractivity contribution in [2.45, 2.75) is 25.9 Å². The molecule has 5 nitrogen and oxygen atoms in total. The third kappa shape index (κ3) is 4.24. The normalized spacial score (nSPS) is 11.9. The van der Waals surface area contributed by atoms with E-state index in [0.717, 1.165) is 5.56 Å². The molecule has 0 spiro atoms. The van der Waals surface area contributed by atoms with Crippen molar-refractivity contribution in [1.82, 2.24) is 14.9 Å². The highest BCUT2D eigenvalue weighted by atomic mass is 35.5. The standard InChI is InChI=1S/C21H20ClN3O2S/c1-3-10-25-20(27)16-9-8-15(12-18(16)24-21(25)28)19(26)23-13(2)11-14-6-4-5-7-17(14)22/h3-9,12-13H,1,10-11H2,2H3,(H,23,26)(H,24,28)/t13-/m1/s1. The van der Waals surface area contributed by atoms with Crippen molar-refractivity contribution in [1.29, 1.82) is 0 Å². The van der Waals surface area contributed by atoms with Gasteiger partial charge in [-0.2, -0.15) is 0 Å². The van der Waals surface area contributed by atoms with E-state index in [0.29, 0.717) is 39.2 Å². The van der Waals surface area contributed by atoms with Crippen LogP contribution in [0.4, 0.5) is 0 Å². The van der Waals surface area contributed by atoms with E-state index in [4.69, 9.17) is 23.8 Å². The van der Waals surface area contributed by atoms with Crippen molar-refractivity contribution in [2.24, 2.45) is 0 Å². The van der Waals surface area contributed by atoms with E-state index >= 15 is 0 Å². The molecule has 0 aliphatic rings. The van der Waals surface area contributed by atoms with Crippen LogP contribution in [0.25, 0.3) is 10.9 Å². The quantitative estimate of drug-likeness (QED) is 0.468. The van der Waals surface area contributed by atoms with E-state index in [-0.39, 0.29) is 17.5 Å². The van der Waals surface area contributed by atoms with Crippen LogP contribution in [-0.4, -0.2) is 21.5 Å². The molecule has 2 N–H and O–H groups in total. The van der Waals surface area contributed by atoms with E-state index in [1.54, 1.807) is 24.3 Å². The summed E-state index contributed by atoms with van der Waals surface area (Å²) in [4.78, 5) is 28.2. The Morgan fingerprint density at radius 3 is 2.82 bits per heavy atom. The summed E-state index contributed by atoms with van der Waals surface area (Å²) in [5.74, 6) is -0.226. The number of hydrogen-bond acceptors (Lipinski definition) is 3. The van der Waals surface area contributed by atoms with Crippen LogP contribution in [0.5, 0.6) is 0 Å². The van der Waals surface area contributed by atoms with E-state index in [2.05, 4.69) is 16.9 Å². The minimum absolute atomic E-state index is 0.109. The van der Waals surface area contributed by atoms with Gasteiger partial charge in [0.2, 0.25) is 0 Å². The number of nitrogens with zero attached hydrogens (tertiary/aromatic N) is 1. The van der Waals surface area contributed by atoms with E-state index in [1.165, 1.54) is 4.57 Å². The number of rotatable bonds is 6. The van der Waals surface area contributed by atoms with Gasteiger partial charge >= 0.3 is 0 Å².